The van der Waals surface area contributed by atoms with E-state index in [1.165, 1.54) is 6.92 Å². The lowest BCUT2D eigenvalue weighted by Crippen LogP contribution is -2.40. The van der Waals surface area contributed by atoms with Gasteiger partial charge in [-0.05, 0) is 18.0 Å². The smallest absolute Gasteiger partial charge is 0.323 e. The number of hydroxylamine groups is 1. The van der Waals surface area contributed by atoms with Crippen LogP contribution < -0.4 is 5.48 Å². The molecule has 18 heavy (non-hydrogen) atoms. The van der Waals surface area contributed by atoms with Gasteiger partial charge in [0.15, 0.2) is 6.23 Å². The molecule has 0 aromatic heterocycles. The lowest BCUT2D eigenvalue weighted by atomic mass is 10.1. The second-order valence-corrected chi connectivity index (χ2v) is 3.62. The Hall–Kier alpha value is -2.08. The number of carboxylic acids is 1. The van der Waals surface area contributed by atoms with Crippen LogP contribution in [0, 0.1) is 0 Å². The average molecular weight is 250 g/mol. The van der Waals surface area contributed by atoms with Gasteiger partial charge < -0.3 is 5.11 Å². The van der Waals surface area contributed by atoms with Crippen LogP contribution in [0.3, 0.4) is 0 Å². The van der Waals surface area contributed by atoms with Crippen molar-refractivity contribution in [3.63, 3.8) is 0 Å². The third-order valence-corrected chi connectivity index (χ3v) is 2.18. The second kappa shape index (κ2) is 7.29. The zero-order valence-corrected chi connectivity index (χ0v) is 9.85. The summed E-state index contributed by atoms with van der Waals surface area (Å²) in [4.78, 5) is 18.5. The van der Waals surface area contributed by atoms with Crippen LogP contribution in [0.5, 0.6) is 0 Å². The van der Waals surface area contributed by atoms with E-state index in [1.807, 2.05) is 30.3 Å². The van der Waals surface area contributed by atoms with Crippen LogP contribution in [-0.4, -0.2) is 23.3 Å². The molecule has 0 amide bonds. The standard InChI is InChI=1S/C11H14N4O3/c1-8(13-15-12)18-14-10(11(16)17)7-9-5-3-2-4-6-9/h2-6,8,10,14H,7H2,1H3,(H,16,17). The van der Waals surface area contributed by atoms with Crippen molar-refractivity contribution < 1.29 is 14.7 Å². The third kappa shape index (κ3) is 4.84. The molecule has 0 aliphatic heterocycles. The van der Waals surface area contributed by atoms with E-state index >= 15 is 0 Å². The van der Waals surface area contributed by atoms with Gasteiger partial charge >= 0.3 is 5.97 Å². The van der Waals surface area contributed by atoms with Gasteiger partial charge in [-0.25, -0.2) is 0 Å². The highest BCUT2D eigenvalue weighted by Crippen LogP contribution is 2.04. The van der Waals surface area contributed by atoms with Gasteiger partial charge in [-0.2, -0.15) is 5.48 Å². The van der Waals surface area contributed by atoms with Crippen LogP contribution in [0.25, 0.3) is 10.4 Å². The van der Waals surface area contributed by atoms with E-state index in [2.05, 4.69) is 15.5 Å². The zero-order valence-electron chi connectivity index (χ0n) is 9.85. The molecule has 7 heteroatoms. The Morgan fingerprint density at radius 3 is 2.78 bits per heavy atom. The Balaban J connectivity index is 2.56. The zero-order chi connectivity index (χ0) is 13.4. The van der Waals surface area contributed by atoms with Gasteiger partial charge in [-0.1, -0.05) is 35.4 Å². The van der Waals surface area contributed by atoms with Crippen molar-refractivity contribution in [1.82, 2.24) is 5.48 Å². The van der Waals surface area contributed by atoms with Crippen LogP contribution in [0.2, 0.25) is 0 Å². The van der Waals surface area contributed by atoms with E-state index in [4.69, 9.17) is 15.5 Å². The van der Waals surface area contributed by atoms with E-state index in [1.54, 1.807) is 0 Å². The van der Waals surface area contributed by atoms with Crippen LogP contribution in [-0.2, 0) is 16.1 Å². The molecule has 0 saturated carbocycles. The highest BCUT2D eigenvalue weighted by molar-refractivity contribution is 5.73. The molecular formula is C11H14N4O3. The normalized spacial score (nSPS) is 13.4. The van der Waals surface area contributed by atoms with E-state index in [0.29, 0.717) is 0 Å². The molecule has 2 unspecified atom stereocenters. The van der Waals surface area contributed by atoms with Crippen molar-refractivity contribution in [2.45, 2.75) is 25.6 Å². The fourth-order valence-corrected chi connectivity index (χ4v) is 1.31. The van der Waals surface area contributed by atoms with Crippen LogP contribution >= 0.6 is 0 Å². The number of carboxylic acid groups (broad SMARTS) is 1. The van der Waals surface area contributed by atoms with Crippen molar-refractivity contribution in [2.24, 2.45) is 5.11 Å². The van der Waals surface area contributed by atoms with Crippen molar-refractivity contribution in [1.29, 1.82) is 0 Å². The molecule has 96 valence electrons. The maximum atomic E-state index is 11.0. The fraction of sp³-hybridized carbons (Fsp3) is 0.364. The summed E-state index contributed by atoms with van der Waals surface area (Å²) >= 11 is 0. The quantitative estimate of drug-likeness (QED) is 0.333. The van der Waals surface area contributed by atoms with E-state index in [0.717, 1.165) is 5.56 Å². The molecule has 1 aromatic carbocycles. The molecule has 0 radical (unpaired) electrons. The van der Waals surface area contributed by atoms with Gasteiger partial charge in [0.2, 0.25) is 0 Å². The SMILES string of the molecule is CC(N=[N+]=[N-])ONC(Cc1ccccc1)C(=O)O. The maximum absolute atomic E-state index is 11.0. The number of rotatable bonds is 7. The molecular weight excluding hydrogens is 236 g/mol. The van der Waals surface area contributed by atoms with Crippen LogP contribution in [0.4, 0.5) is 0 Å². The number of nitrogens with zero attached hydrogens (tertiary/aromatic N) is 3. The molecule has 0 heterocycles. The minimum atomic E-state index is -1.04. The summed E-state index contributed by atoms with van der Waals surface area (Å²) in [6, 6.07) is 8.27. The predicted molar refractivity (Wildman–Crippen MR) is 64.4 cm³/mol. The third-order valence-electron chi connectivity index (χ3n) is 2.18. The number of hydrogen-bond acceptors (Lipinski definition) is 4. The number of benzene rings is 1. The van der Waals surface area contributed by atoms with Crippen molar-refractivity contribution in [3.05, 3.63) is 46.3 Å². The monoisotopic (exact) mass is 250 g/mol. The van der Waals surface area contributed by atoms with E-state index in [9.17, 15) is 4.79 Å². The number of hydrogen-bond donors (Lipinski definition) is 2. The Bertz CT molecular complexity index is 431. The highest BCUT2D eigenvalue weighted by atomic mass is 16.7. The predicted octanol–water partition coefficient (Wildman–Crippen LogP) is 1.86. The molecule has 0 fully saturated rings. The van der Waals surface area contributed by atoms with Gasteiger partial charge in [-0.3, -0.25) is 9.63 Å². The van der Waals surface area contributed by atoms with Gasteiger partial charge in [0.1, 0.15) is 6.04 Å². The summed E-state index contributed by atoms with van der Waals surface area (Å²) in [5, 5.41) is 12.3. The largest absolute Gasteiger partial charge is 0.480 e. The average Bonchev–Trinajstić information content (AvgIpc) is 2.35. The Labute approximate surface area is 104 Å². The summed E-state index contributed by atoms with van der Waals surface area (Å²) in [7, 11) is 0. The molecule has 0 spiro atoms. The first-order valence-corrected chi connectivity index (χ1v) is 5.35. The summed E-state index contributed by atoms with van der Waals surface area (Å²) in [5.41, 5.74) is 11.4. The maximum Gasteiger partial charge on any atom is 0.323 e. The fourth-order valence-electron chi connectivity index (χ4n) is 1.31. The molecule has 0 aliphatic rings. The van der Waals surface area contributed by atoms with Gasteiger partial charge in [0.25, 0.3) is 0 Å². The van der Waals surface area contributed by atoms with Crippen LogP contribution in [0.1, 0.15) is 12.5 Å². The minimum Gasteiger partial charge on any atom is -0.480 e. The van der Waals surface area contributed by atoms with Crippen molar-refractivity contribution >= 4 is 5.97 Å². The first-order valence-electron chi connectivity index (χ1n) is 5.35. The number of nitrogens with one attached hydrogen (secondary N) is 1. The lowest BCUT2D eigenvalue weighted by Gasteiger charge is -2.15. The van der Waals surface area contributed by atoms with Gasteiger partial charge in [0, 0.05) is 11.3 Å². The Kier molecular flexibility index (Phi) is 5.66. The lowest BCUT2D eigenvalue weighted by molar-refractivity contribution is -0.145. The summed E-state index contributed by atoms with van der Waals surface area (Å²) in [5.74, 6) is -1.04. The first-order chi connectivity index (χ1) is 8.63. The molecule has 0 bridgehead atoms. The summed E-state index contributed by atoms with van der Waals surface area (Å²) < 4.78 is 0. The Morgan fingerprint density at radius 1 is 1.56 bits per heavy atom. The van der Waals surface area contributed by atoms with Gasteiger partial charge in [-0.15, -0.1) is 0 Å². The first kappa shape index (κ1) is 14.0. The number of carbonyl (C=O) groups is 1. The number of azide groups is 1. The molecule has 0 saturated heterocycles. The molecule has 0 aliphatic carbocycles. The second-order valence-electron chi connectivity index (χ2n) is 3.62. The molecule has 7 nitrogen and oxygen atoms in total. The van der Waals surface area contributed by atoms with Gasteiger partial charge in [0.05, 0.1) is 0 Å². The molecule has 2 atom stereocenters. The number of aliphatic carboxylic acids is 1. The van der Waals surface area contributed by atoms with E-state index < -0.39 is 18.2 Å². The molecule has 1 rings (SSSR count). The summed E-state index contributed by atoms with van der Waals surface area (Å²) in [6.45, 7) is 1.51. The highest BCUT2D eigenvalue weighted by Gasteiger charge is 2.18. The Morgan fingerprint density at radius 2 is 2.22 bits per heavy atom. The van der Waals surface area contributed by atoms with Crippen LogP contribution in [0.15, 0.2) is 35.4 Å². The van der Waals surface area contributed by atoms with Crippen molar-refractivity contribution in [2.75, 3.05) is 0 Å². The van der Waals surface area contributed by atoms with E-state index in [-0.39, 0.29) is 6.42 Å². The summed E-state index contributed by atoms with van der Waals surface area (Å²) in [6.07, 6.45) is -0.494. The van der Waals surface area contributed by atoms with Crippen molar-refractivity contribution in [3.8, 4) is 0 Å². The topological polar surface area (TPSA) is 107 Å². The molecule has 1 aromatic rings. The minimum absolute atomic E-state index is 0.277. The molecule has 2 N–H and O–H groups in total.